The van der Waals surface area contributed by atoms with E-state index in [1.165, 1.54) is 22.0 Å². The number of aryl methyl sites for hydroxylation is 2. The van der Waals surface area contributed by atoms with E-state index in [1.54, 1.807) is 0 Å². The van der Waals surface area contributed by atoms with Crippen molar-refractivity contribution in [2.75, 3.05) is 0 Å². The van der Waals surface area contributed by atoms with Crippen LogP contribution in [0.3, 0.4) is 0 Å². The minimum Gasteiger partial charge on any atom is -0.507 e. The first-order valence-electron chi connectivity index (χ1n) is 10.3. The summed E-state index contributed by atoms with van der Waals surface area (Å²) in [5.41, 5.74) is 6.03. The van der Waals surface area contributed by atoms with Crippen molar-refractivity contribution in [3.63, 3.8) is 0 Å². The molecule has 0 amide bonds. The zero-order valence-corrected chi connectivity index (χ0v) is 20.5. The standard InChI is InChI=1S/C25H37OPS/c1-8-9-12-25(7,27-22-11-10-17(2)13-19(22)16-28)21-15-20(24(4,5)6)14-18(3)23(21)26/h10-11,13-15,26-28H,8-9,12,16H2,1-7H3. The van der Waals surface area contributed by atoms with E-state index in [1.807, 2.05) is 6.92 Å². The predicted octanol–water partition coefficient (Wildman–Crippen LogP) is 7.15. The lowest BCUT2D eigenvalue weighted by Gasteiger charge is -2.34. The monoisotopic (exact) mass is 416 g/mol. The number of hydrogen-bond acceptors (Lipinski definition) is 2. The van der Waals surface area contributed by atoms with Crippen LogP contribution in [0, 0.1) is 13.8 Å². The molecule has 0 saturated carbocycles. The largest absolute Gasteiger partial charge is 0.507 e. The molecule has 2 aromatic rings. The first-order valence-corrected chi connectivity index (χ1v) is 12.0. The van der Waals surface area contributed by atoms with Crippen molar-refractivity contribution in [1.82, 2.24) is 0 Å². The molecule has 2 unspecified atom stereocenters. The second kappa shape index (κ2) is 9.23. The number of aromatic hydroxyl groups is 1. The van der Waals surface area contributed by atoms with E-state index in [9.17, 15) is 5.11 Å². The molecule has 0 heterocycles. The number of unbranched alkanes of at least 4 members (excludes halogenated alkanes) is 1. The van der Waals surface area contributed by atoms with E-state index >= 15 is 0 Å². The zero-order valence-electron chi connectivity index (χ0n) is 18.6. The van der Waals surface area contributed by atoms with Crippen LogP contribution in [-0.2, 0) is 16.3 Å². The van der Waals surface area contributed by atoms with Gasteiger partial charge in [-0.15, -0.1) is 0 Å². The van der Waals surface area contributed by atoms with Crippen molar-refractivity contribution in [3.05, 3.63) is 58.1 Å². The van der Waals surface area contributed by atoms with Gasteiger partial charge in [-0.1, -0.05) is 91.9 Å². The molecule has 0 bridgehead atoms. The summed E-state index contributed by atoms with van der Waals surface area (Å²) in [6.45, 7) is 15.5. The molecule has 2 rings (SSSR count). The zero-order chi connectivity index (χ0) is 21.1. The predicted molar refractivity (Wildman–Crippen MR) is 130 cm³/mol. The molecule has 0 fully saturated rings. The molecule has 0 spiro atoms. The van der Waals surface area contributed by atoms with Crippen molar-refractivity contribution in [1.29, 1.82) is 0 Å². The molecule has 2 atom stereocenters. The third-order valence-corrected chi connectivity index (χ3v) is 7.80. The Morgan fingerprint density at radius 1 is 1.04 bits per heavy atom. The summed E-state index contributed by atoms with van der Waals surface area (Å²) in [6.07, 6.45) is 3.39. The maximum atomic E-state index is 11.1. The van der Waals surface area contributed by atoms with Gasteiger partial charge in [0.25, 0.3) is 0 Å². The Kier molecular flexibility index (Phi) is 7.68. The molecule has 1 nitrogen and oxygen atoms in total. The number of phenolic OH excluding ortho intramolecular Hbond substituents is 1. The van der Waals surface area contributed by atoms with Gasteiger partial charge in [-0.05, 0) is 47.7 Å². The highest BCUT2D eigenvalue weighted by Gasteiger charge is 2.32. The lowest BCUT2D eigenvalue weighted by Crippen LogP contribution is -2.23. The quantitative estimate of drug-likeness (QED) is 0.363. The fourth-order valence-corrected chi connectivity index (χ4v) is 5.82. The van der Waals surface area contributed by atoms with E-state index in [4.69, 9.17) is 0 Å². The second-order valence-electron chi connectivity index (χ2n) is 9.32. The van der Waals surface area contributed by atoms with Gasteiger partial charge in [0.15, 0.2) is 0 Å². The SMILES string of the molecule is CCCCC(C)(Pc1ccc(C)cc1CS)c1cc(C(C)(C)C)cc(C)c1O. The normalized spacial score (nSPS) is 14.6. The maximum absolute atomic E-state index is 11.1. The van der Waals surface area contributed by atoms with Crippen molar-refractivity contribution in [2.45, 2.75) is 84.1 Å². The lowest BCUT2D eigenvalue weighted by molar-refractivity contribution is 0.445. The molecule has 0 saturated heterocycles. The average molecular weight is 417 g/mol. The Labute approximate surface area is 179 Å². The topological polar surface area (TPSA) is 20.2 Å². The van der Waals surface area contributed by atoms with E-state index < -0.39 is 0 Å². The highest BCUT2D eigenvalue weighted by Crippen LogP contribution is 2.50. The number of phenols is 1. The average Bonchev–Trinajstić information content (AvgIpc) is 2.62. The number of thiol groups is 1. The van der Waals surface area contributed by atoms with Crippen LogP contribution < -0.4 is 5.30 Å². The van der Waals surface area contributed by atoms with Gasteiger partial charge in [0.1, 0.15) is 5.75 Å². The Hall–Kier alpha value is -0.980. The number of benzene rings is 2. The number of hydrogen-bond donors (Lipinski definition) is 2. The van der Waals surface area contributed by atoms with Crippen molar-refractivity contribution in [2.24, 2.45) is 0 Å². The fraction of sp³-hybridized carbons (Fsp3) is 0.520. The third-order valence-electron chi connectivity index (χ3n) is 5.63. The van der Waals surface area contributed by atoms with E-state index in [0.29, 0.717) is 14.3 Å². The molecule has 0 aliphatic rings. The Bertz CT molecular complexity index is 822. The molecular weight excluding hydrogens is 379 g/mol. The van der Waals surface area contributed by atoms with Crippen molar-refractivity contribution >= 4 is 26.5 Å². The van der Waals surface area contributed by atoms with Crippen LogP contribution in [0.15, 0.2) is 30.3 Å². The molecule has 154 valence electrons. The molecule has 2 aromatic carbocycles. The maximum Gasteiger partial charge on any atom is 0.122 e. The van der Waals surface area contributed by atoms with Gasteiger partial charge in [0.05, 0.1) is 0 Å². The first-order chi connectivity index (χ1) is 13.0. The van der Waals surface area contributed by atoms with Crippen LogP contribution in [-0.4, -0.2) is 5.11 Å². The Balaban J connectivity index is 2.61. The van der Waals surface area contributed by atoms with Crippen LogP contribution in [0.1, 0.15) is 81.7 Å². The van der Waals surface area contributed by atoms with E-state index in [2.05, 4.69) is 84.5 Å². The van der Waals surface area contributed by atoms with Crippen LogP contribution in [0.5, 0.6) is 5.75 Å². The molecule has 0 radical (unpaired) electrons. The summed E-state index contributed by atoms with van der Waals surface area (Å²) >= 11 is 4.58. The molecular formula is C25H37OPS. The van der Waals surface area contributed by atoms with Crippen LogP contribution in [0.25, 0.3) is 0 Å². The number of rotatable bonds is 7. The summed E-state index contributed by atoms with van der Waals surface area (Å²) in [5, 5.41) is 12.3. The van der Waals surface area contributed by atoms with Gasteiger partial charge in [0, 0.05) is 16.5 Å². The van der Waals surface area contributed by atoms with Gasteiger partial charge >= 0.3 is 0 Å². The van der Waals surface area contributed by atoms with Crippen molar-refractivity contribution in [3.8, 4) is 5.75 Å². The highest BCUT2D eigenvalue weighted by molar-refractivity contribution is 7.79. The molecule has 0 aliphatic heterocycles. The van der Waals surface area contributed by atoms with Gasteiger partial charge in [0.2, 0.25) is 0 Å². The molecule has 28 heavy (non-hydrogen) atoms. The molecule has 0 aromatic heterocycles. The van der Waals surface area contributed by atoms with E-state index in [-0.39, 0.29) is 10.6 Å². The van der Waals surface area contributed by atoms with Gasteiger partial charge < -0.3 is 5.11 Å². The minimum absolute atomic E-state index is 0.0576. The smallest absolute Gasteiger partial charge is 0.122 e. The van der Waals surface area contributed by atoms with Crippen LogP contribution >= 0.6 is 21.2 Å². The van der Waals surface area contributed by atoms with Gasteiger partial charge in [-0.3, -0.25) is 0 Å². The molecule has 3 heteroatoms. The van der Waals surface area contributed by atoms with E-state index in [0.717, 1.165) is 36.1 Å². The minimum atomic E-state index is -0.0843. The second-order valence-corrected chi connectivity index (χ2v) is 11.5. The summed E-state index contributed by atoms with van der Waals surface area (Å²) in [6, 6.07) is 11.1. The van der Waals surface area contributed by atoms with Gasteiger partial charge in [-0.25, -0.2) is 0 Å². The summed E-state index contributed by atoms with van der Waals surface area (Å²) in [7, 11) is 0.601. The van der Waals surface area contributed by atoms with Crippen LogP contribution in [0.4, 0.5) is 0 Å². The molecule has 1 N–H and O–H groups in total. The van der Waals surface area contributed by atoms with Gasteiger partial charge in [-0.2, -0.15) is 12.6 Å². The summed E-state index contributed by atoms with van der Waals surface area (Å²) in [4.78, 5) is 0. The Morgan fingerprint density at radius 2 is 1.71 bits per heavy atom. The third kappa shape index (κ3) is 5.33. The lowest BCUT2D eigenvalue weighted by atomic mass is 9.82. The summed E-state index contributed by atoms with van der Waals surface area (Å²) in [5.74, 6) is 1.22. The molecule has 0 aliphatic carbocycles. The van der Waals surface area contributed by atoms with Crippen molar-refractivity contribution < 1.29 is 5.11 Å². The highest BCUT2D eigenvalue weighted by atomic mass is 32.1. The van der Waals surface area contributed by atoms with Crippen LogP contribution in [0.2, 0.25) is 0 Å². The summed E-state index contributed by atoms with van der Waals surface area (Å²) < 4.78 is 0. The fourth-order valence-electron chi connectivity index (χ4n) is 3.70. The Morgan fingerprint density at radius 3 is 2.29 bits per heavy atom. The first kappa shape index (κ1) is 23.3.